The Balaban J connectivity index is 1.50. The number of rotatable bonds is 24. The van der Waals surface area contributed by atoms with Crippen LogP contribution in [0.1, 0.15) is 65.0 Å². The number of aliphatic hydroxyl groups excluding tert-OH is 4. The van der Waals surface area contributed by atoms with Crippen LogP contribution in [-0.2, 0) is 27.1 Å². The van der Waals surface area contributed by atoms with Crippen molar-refractivity contribution in [3.05, 3.63) is 71.8 Å². The lowest BCUT2D eigenvalue weighted by Gasteiger charge is -2.37. The summed E-state index contributed by atoms with van der Waals surface area (Å²) in [5.41, 5.74) is 1.22. The van der Waals surface area contributed by atoms with Crippen LogP contribution in [-0.4, -0.2) is 125 Å². The van der Waals surface area contributed by atoms with Crippen LogP contribution in [0.25, 0.3) is 0 Å². The molecule has 0 spiro atoms. The second-order valence-electron chi connectivity index (χ2n) is 15.7. The molecule has 2 aromatic carbocycles. The fourth-order valence-corrected chi connectivity index (χ4v) is 6.89. The van der Waals surface area contributed by atoms with E-state index in [9.17, 15) is 25.2 Å². The van der Waals surface area contributed by atoms with Crippen LogP contribution in [0.2, 0.25) is 0 Å². The molecule has 4 rings (SSSR count). The second kappa shape index (κ2) is 20.9. The van der Waals surface area contributed by atoms with Gasteiger partial charge >= 0.3 is 0 Å². The summed E-state index contributed by atoms with van der Waals surface area (Å²) in [4.78, 5) is 15.5. The summed E-state index contributed by atoms with van der Waals surface area (Å²) in [5, 5.41) is 59.3. The number of Topliss-reactive ketones (excluding diaryl/α,β-unsaturated/α-hetero) is 1. The molecule has 292 valence electrons. The van der Waals surface area contributed by atoms with E-state index in [4.69, 9.17) is 9.47 Å². The number of β-amino-alcohol motifs (C(OH)–C–C–N with tert-alkyl or cyclic N) is 1. The van der Waals surface area contributed by atoms with Gasteiger partial charge in [0.1, 0.15) is 30.5 Å². The first kappa shape index (κ1) is 42.4. The van der Waals surface area contributed by atoms with Gasteiger partial charge in [0.05, 0.1) is 31.9 Å². The highest BCUT2D eigenvalue weighted by Gasteiger charge is 2.50. The Morgan fingerprint density at radius 1 is 0.750 bits per heavy atom. The molecule has 2 aliphatic rings. The lowest BCUT2D eigenvalue weighted by Crippen LogP contribution is -2.63. The predicted octanol–water partition coefficient (Wildman–Crippen LogP) is 1.75. The Kier molecular flexibility index (Phi) is 17.1. The molecule has 0 bridgehead atoms. The van der Waals surface area contributed by atoms with Crippen molar-refractivity contribution in [2.45, 2.75) is 121 Å². The number of hydrogen-bond acceptors (Lipinski definition) is 12. The van der Waals surface area contributed by atoms with Crippen molar-refractivity contribution in [2.75, 3.05) is 39.5 Å². The zero-order valence-corrected chi connectivity index (χ0v) is 31.8. The van der Waals surface area contributed by atoms with Gasteiger partial charge in [-0.25, -0.2) is 0 Å². The van der Waals surface area contributed by atoms with Gasteiger partial charge < -0.3 is 29.9 Å². The largest absolute Gasteiger partial charge is 0.379 e. The number of benzene rings is 2. The molecule has 2 aromatic rings. The lowest BCUT2D eigenvalue weighted by molar-refractivity contribution is -0.127. The normalized spacial score (nSPS) is 22.8. The summed E-state index contributed by atoms with van der Waals surface area (Å²) in [6, 6.07) is 17.2. The van der Waals surface area contributed by atoms with Crippen molar-refractivity contribution in [1.82, 2.24) is 26.2 Å². The van der Waals surface area contributed by atoms with Crippen LogP contribution < -0.4 is 21.3 Å². The summed E-state index contributed by atoms with van der Waals surface area (Å²) in [5.74, 6) is 0.261. The van der Waals surface area contributed by atoms with Crippen LogP contribution in [0.5, 0.6) is 0 Å². The van der Waals surface area contributed by atoms with Gasteiger partial charge in [0, 0.05) is 31.7 Å². The van der Waals surface area contributed by atoms with Crippen molar-refractivity contribution < 1.29 is 34.7 Å². The molecule has 2 fully saturated rings. The van der Waals surface area contributed by atoms with E-state index in [1.54, 1.807) is 6.92 Å². The van der Waals surface area contributed by atoms with Crippen LogP contribution in [0.4, 0.5) is 0 Å². The zero-order valence-electron chi connectivity index (χ0n) is 31.8. The third-order valence-corrected chi connectivity index (χ3v) is 9.96. The third-order valence-electron chi connectivity index (χ3n) is 9.96. The molecule has 0 saturated carbocycles. The Morgan fingerprint density at radius 2 is 1.29 bits per heavy atom. The zero-order chi connectivity index (χ0) is 37.7. The highest BCUT2D eigenvalue weighted by molar-refractivity contribution is 5.93. The summed E-state index contributed by atoms with van der Waals surface area (Å²) in [6.45, 7) is 13.4. The first-order valence-electron chi connectivity index (χ1n) is 19.2. The number of morpholine rings is 1. The van der Waals surface area contributed by atoms with Gasteiger partial charge in [-0.1, -0.05) is 88.4 Å². The molecule has 2 aliphatic heterocycles. The lowest BCUT2D eigenvalue weighted by atomic mass is 9.92. The highest BCUT2D eigenvalue weighted by Crippen LogP contribution is 2.30. The molecule has 12 nitrogen and oxygen atoms in total. The smallest absolute Gasteiger partial charge is 0.183 e. The second-order valence-corrected chi connectivity index (χ2v) is 15.7. The van der Waals surface area contributed by atoms with Crippen molar-refractivity contribution in [3.63, 3.8) is 0 Å². The molecule has 0 aromatic heterocycles. The number of nitrogens with one attached hydrogen (secondary N) is 4. The predicted molar refractivity (Wildman–Crippen MR) is 202 cm³/mol. The van der Waals surface area contributed by atoms with E-state index in [1.807, 2.05) is 88.4 Å². The maximum absolute atomic E-state index is 13.4. The molecule has 2 saturated heterocycles. The van der Waals surface area contributed by atoms with E-state index < -0.39 is 54.7 Å². The van der Waals surface area contributed by atoms with E-state index >= 15 is 0 Å². The van der Waals surface area contributed by atoms with Gasteiger partial charge in [0.15, 0.2) is 5.78 Å². The van der Waals surface area contributed by atoms with Gasteiger partial charge in [-0.15, -0.1) is 0 Å². The van der Waals surface area contributed by atoms with E-state index in [-0.39, 0.29) is 17.6 Å². The average Bonchev–Trinajstić information content (AvgIpc) is 3.87. The Hall–Kier alpha value is -2.33. The van der Waals surface area contributed by atoms with Gasteiger partial charge in [-0.3, -0.25) is 31.0 Å². The monoisotopic (exact) mass is 727 g/mol. The molecule has 0 radical (unpaired) electrons. The van der Waals surface area contributed by atoms with Crippen LogP contribution >= 0.6 is 0 Å². The number of nitrogens with zero attached hydrogens (tertiary/aromatic N) is 1. The molecule has 8 N–H and O–H groups in total. The number of carbonyl (C=O) groups is 1. The van der Waals surface area contributed by atoms with Crippen LogP contribution in [0, 0.1) is 11.8 Å². The van der Waals surface area contributed by atoms with Gasteiger partial charge in [0.2, 0.25) is 0 Å². The Morgan fingerprint density at radius 3 is 1.87 bits per heavy atom. The minimum Gasteiger partial charge on any atom is -0.379 e. The van der Waals surface area contributed by atoms with Gasteiger partial charge in [-0.2, -0.15) is 0 Å². The van der Waals surface area contributed by atoms with E-state index in [0.717, 1.165) is 24.2 Å². The fraction of sp³-hybridized carbons (Fsp3) is 0.675. The maximum atomic E-state index is 13.4. The molecular weight excluding hydrogens is 662 g/mol. The molecule has 0 amide bonds. The third kappa shape index (κ3) is 14.1. The fourth-order valence-electron chi connectivity index (χ4n) is 6.89. The molecule has 12 heteroatoms. The summed E-state index contributed by atoms with van der Waals surface area (Å²) in [6.07, 6.45) is -1.77. The van der Waals surface area contributed by atoms with E-state index in [1.165, 1.54) is 0 Å². The van der Waals surface area contributed by atoms with Crippen molar-refractivity contribution in [2.24, 2.45) is 11.8 Å². The standard InChI is InChI=1S/C40H65N5O7/c1-27(2)22-32(36(47)40(5)26-52-40)42-39(50)34(24-30-14-10-7-11-15-30)44-38(49)33(23-28(3)4)43-37(48)31(17-16-29-12-8-6-9-13-29)41-35(46)25-45-18-20-51-21-19-45/h6-15,27-28,31-35,37-39,41-44,46,48-50H,16-26H2,1-5H3/t31-,32-,33-,34-,35?,37?,38?,39?,40+/m0/s1. The maximum Gasteiger partial charge on any atom is 0.183 e. The van der Waals surface area contributed by atoms with Crippen molar-refractivity contribution >= 4 is 5.78 Å². The number of aliphatic hydroxyl groups is 4. The summed E-state index contributed by atoms with van der Waals surface area (Å²) < 4.78 is 10.9. The number of hydrogen-bond donors (Lipinski definition) is 8. The number of carbonyl (C=O) groups excluding carboxylic acids is 1. The number of aryl methyl sites for hydroxylation is 1. The first-order chi connectivity index (χ1) is 24.8. The van der Waals surface area contributed by atoms with Crippen LogP contribution in [0.15, 0.2) is 60.7 Å². The first-order valence-corrected chi connectivity index (χ1v) is 19.2. The van der Waals surface area contributed by atoms with Gasteiger partial charge in [0.25, 0.3) is 0 Å². The van der Waals surface area contributed by atoms with Gasteiger partial charge in [-0.05, 0) is 62.0 Å². The van der Waals surface area contributed by atoms with Crippen molar-refractivity contribution in [3.8, 4) is 0 Å². The van der Waals surface area contributed by atoms with E-state index in [0.29, 0.717) is 58.5 Å². The Bertz CT molecular complexity index is 1300. The van der Waals surface area contributed by atoms with Crippen LogP contribution in [0.3, 0.4) is 0 Å². The van der Waals surface area contributed by atoms with E-state index in [2.05, 4.69) is 26.2 Å². The van der Waals surface area contributed by atoms with Crippen molar-refractivity contribution in [1.29, 1.82) is 0 Å². The topological polar surface area (TPSA) is 171 Å². The molecular formula is C40H65N5O7. The number of ketones is 1. The average molecular weight is 728 g/mol. The highest BCUT2D eigenvalue weighted by atomic mass is 16.6. The molecule has 0 aliphatic carbocycles. The summed E-state index contributed by atoms with van der Waals surface area (Å²) >= 11 is 0. The Labute approximate surface area is 310 Å². The number of ether oxygens (including phenoxy) is 2. The minimum atomic E-state index is -1.19. The minimum absolute atomic E-state index is 0.0911. The SMILES string of the molecule is CC(C)C[C@H](NC(O)[C@H](Cc1ccccc1)NC(O)[C@H](CC(C)C)NC(O)[C@H](CCc1ccccc1)NC(O)CN1CCOCC1)C(=O)[C@@]1(C)CO1. The molecule has 4 unspecified atom stereocenters. The molecule has 52 heavy (non-hydrogen) atoms. The molecule has 9 atom stereocenters. The number of epoxide rings is 1. The quantitative estimate of drug-likeness (QED) is 0.0584. The summed E-state index contributed by atoms with van der Waals surface area (Å²) in [7, 11) is 0. The molecule has 2 heterocycles.